The van der Waals surface area contributed by atoms with Crippen LogP contribution in [0.4, 0.5) is 0 Å². The van der Waals surface area contributed by atoms with Gasteiger partial charge in [0, 0.05) is 37.7 Å². The van der Waals surface area contributed by atoms with Gasteiger partial charge in [0.2, 0.25) is 5.91 Å². The zero-order chi connectivity index (χ0) is 17.3. The Labute approximate surface area is 145 Å². The van der Waals surface area contributed by atoms with Gasteiger partial charge in [-0.2, -0.15) is 0 Å². The van der Waals surface area contributed by atoms with Crippen molar-refractivity contribution in [1.29, 1.82) is 0 Å². The molecule has 24 heavy (non-hydrogen) atoms. The normalized spacial score (nSPS) is 20.5. The van der Waals surface area contributed by atoms with Crippen LogP contribution in [0.2, 0.25) is 5.02 Å². The van der Waals surface area contributed by atoms with Gasteiger partial charge in [-0.25, -0.2) is 4.79 Å². The molecule has 0 bridgehead atoms. The summed E-state index contributed by atoms with van der Waals surface area (Å²) >= 11 is 6.08. The molecular formula is C18H19ClN2O3. The lowest BCUT2D eigenvalue weighted by molar-refractivity contribution is -0.127. The maximum Gasteiger partial charge on any atom is 0.354 e. The number of benzene rings is 1. The minimum Gasteiger partial charge on any atom is -0.461 e. The molecule has 2 aromatic rings. The van der Waals surface area contributed by atoms with E-state index in [1.807, 2.05) is 18.2 Å². The van der Waals surface area contributed by atoms with E-state index in [9.17, 15) is 9.59 Å². The van der Waals surface area contributed by atoms with Crippen LogP contribution in [0.25, 0.3) is 0 Å². The van der Waals surface area contributed by atoms with E-state index in [0.29, 0.717) is 17.1 Å². The molecule has 2 heterocycles. The summed E-state index contributed by atoms with van der Waals surface area (Å²) in [6.07, 6.45) is 2.15. The van der Waals surface area contributed by atoms with Crippen molar-refractivity contribution in [1.82, 2.24) is 9.47 Å². The van der Waals surface area contributed by atoms with Crippen LogP contribution in [-0.4, -0.2) is 35.0 Å². The number of aryl methyl sites for hydroxylation is 1. The molecule has 0 N–H and O–H groups in total. The molecule has 1 aliphatic heterocycles. The lowest BCUT2D eigenvalue weighted by Crippen LogP contribution is -2.26. The standard InChI is InChI=1S/C18H19ClN2O3/c1-20-8-4-7-15(20)18(23)24-11-13-10-16(22)21(2)17(13)12-5-3-6-14(19)9-12/h3-9,13,17H,10-11H2,1-2H3/t13-,17+/m0/s1. The smallest absolute Gasteiger partial charge is 0.354 e. The number of halogens is 1. The number of carbonyl (C=O) groups excluding carboxylic acids is 2. The second kappa shape index (κ2) is 6.69. The zero-order valence-corrected chi connectivity index (χ0v) is 14.4. The lowest BCUT2D eigenvalue weighted by atomic mass is 9.94. The first-order valence-corrected chi connectivity index (χ1v) is 8.14. The molecule has 0 radical (unpaired) electrons. The van der Waals surface area contributed by atoms with Crippen molar-refractivity contribution in [3.8, 4) is 0 Å². The summed E-state index contributed by atoms with van der Waals surface area (Å²) < 4.78 is 7.17. The highest BCUT2D eigenvalue weighted by Crippen LogP contribution is 2.37. The molecular weight excluding hydrogens is 328 g/mol. The van der Waals surface area contributed by atoms with Gasteiger partial charge in [0.15, 0.2) is 0 Å². The molecule has 0 saturated carbocycles. The minimum absolute atomic E-state index is 0.0416. The van der Waals surface area contributed by atoms with Gasteiger partial charge in [0.25, 0.3) is 0 Å². The quantitative estimate of drug-likeness (QED) is 0.799. The van der Waals surface area contributed by atoms with Crippen molar-refractivity contribution < 1.29 is 14.3 Å². The molecule has 1 fully saturated rings. The fourth-order valence-electron chi connectivity index (χ4n) is 3.22. The third-order valence-electron chi connectivity index (χ3n) is 4.47. The molecule has 1 aliphatic rings. The van der Waals surface area contributed by atoms with E-state index in [4.69, 9.17) is 16.3 Å². The number of carbonyl (C=O) groups is 2. The Morgan fingerprint density at radius 2 is 2.08 bits per heavy atom. The van der Waals surface area contributed by atoms with E-state index < -0.39 is 0 Å². The summed E-state index contributed by atoms with van der Waals surface area (Å²) in [4.78, 5) is 26.0. The summed E-state index contributed by atoms with van der Waals surface area (Å²) in [5, 5.41) is 0.625. The van der Waals surface area contributed by atoms with Crippen molar-refractivity contribution in [3.05, 3.63) is 58.9 Å². The summed E-state index contributed by atoms with van der Waals surface area (Å²) in [6.45, 7) is 0.192. The second-order valence-corrected chi connectivity index (χ2v) is 6.51. The highest BCUT2D eigenvalue weighted by molar-refractivity contribution is 6.30. The number of esters is 1. The van der Waals surface area contributed by atoms with Crippen molar-refractivity contribution in [2.24, 2.45) is 13.0 Å². The van der Waals surface area contributed by atoms with Gasteiger partial charge in [-0.15, -0.1) is 0 Å². The van der Waals surface area contributed by atoms with Crippen LogP contribution < -0.4 is 0 Å². The SMILES string of the molecule is CN1C(=O)C[C@@H](COC(=O)c2cccn2C)[C@H]1c1cccc(Cl)c1. The van der Waals surface area contributed by atoms with Crippen LogP contribution in [0.15, 0.2) is 42.6 Å². The number of ether oxygens (including phenoxy) is 1. The third kappa shape index (κ3) is 3.17. The number of nitrogens with zero attached hydrogens (tertiary/aromatic N) is 2. The molecule has 0 unspecified atom stereocenters. The highest BCUT2D eigenvalue weighted by atomic mass is 35.5. The fraction of sp³-hybridized carbons (Fsp3) is 0.333. The van der Waals surface area contributed by atoms with Crippen molar-refractivity contribution >= 4 is 23.5 Å². The Morgan fingerprint density at radius 3 is 2.75 bits per heavy atom. The topological polar surface area (TPSA) is 51.5 Å². The van der Waals surface area contributed by atoms with Crippen molar-refractivity contribution in [2.75, 3.05) is 13.7 Å². The van der Waals surface area contributed by atoms with Crippen LogP contribution in [0.1, 0.15) is 28.5 Å². The molecule has 126 valence electrons. The first kappa shape index (κ1) is 16.6. The Hall–Kier alpha value is -2.27. The average Bonchev–Trinajstić information content (AvgIpc) is 3.09. The first-order valence-electron chi connectivity index (χ1n) is 7.77. The van der Waals surface area contributed by atoms with Crippen LogP contribution in [0.5, 0.6) is 0 Å². The van der Waals surface area contributed by atoms with Crippen LogP contribution in [0.3, 0.4) is 0 Å². The van der Waals surface area contributed by atoms with Gasteiger partial charge >= 0.3 is 5.97 Å². The molecule has 1 aromatic heterocycles. The van der Waals surface area contributed by atoms with Gasteiger partial charge in [0.1, 0.15) is 5.69 Å². The summed E-state index contributed by atoms with van der Waals surface area (Å²) in [5.74, 6) is -0.431. The van der Waals surface area contributed by atoms with E-state index in [0.717, 1.165) is 5.56 Å². The molecule has 0 aliphatic carbocycles. The first-order chi connectivity index (χ1) is 11.5. The average molecular weight is 347 g/mol. The third-order valence-corrected chi connectivity index (χ3v) is 4.70. The number of rotatable bonds is 4. The molecule has 1 saturated heterocycles. The van der Waals surface area contributed by atoms with Crippen molar-refractivity contribution in [3.63, 3.8) is 0 Å². The molecule has 5 nitrogen and oxygen atoms in total. The predicted octanol–water partition coefficient (Wildman–Crippen LogP) is 3.05. The number of hydrogen-bond acceptors (Lipinski definition) is 3. The number of hydrogen-bond donors (Lipinski definition) is 0. The van der Waals surface area contributed by atoms with E-state index in [-0.39, 0.29) is 30.4 Å². The Balaban J connectivity index is 1.75. The Kier molecular flexibility index (Phi) is 4.62. The summed E-state index contributed by atoms with van der Waals surface area (Å²) in [7, 11) is 3.56. The monoisotopic (exact) mass is 346 g/mol. The van der Waals surface area contributed by atoms with Gasteiger partial charge in [-0.1, -0.05) is 23.7 Å². The minimum atomic E-state index is -0.380. The summed E-state index contributed by atoms with van der Waals surface area (Å²) in [6, 6.07) is 10.8. The summed E-state index contributed by atoms with van der Waals surface area (Å²) in [5.41, 5.74) is 1.45. The van der Waals surface area contributed by atoms with E-state index >= 15 is 0 Å². The molecule has 1 amide bonds. The molecule has 1 aromatic carbocycles. The van der Waals surface area contributed by atoms with Crippen LogP contribution in [0, 0.1) is 5.92 Å². The molecule has 6 heteroatoms. The number of likely N-dealkylation sites (tertiary alicyclic amines) is 1. The Morgan fingerprint density at radius 1 is 1.29 bits per heavy atom. The molecule has 2 atom stereocenters. The predicted molar refractivity (Wildman–Crippen MR) is 90.8 cm³/mol. The highest BCUT2D eigenvalue weighted by Gasteiger charge is 2.39. The lowest BCUT2D eigenvalue weighted by Gasteiger charge is -2.25. The van der Waals surface area contributed by atoms with Gasteiger partial charge in [-0.3, -0.25) is 4.79 Å². The van der Waals surface area contributed by atoms with E-state index in [1.54, 1.807) is 48.0 Å². The number of amides is 1. The van der Waals surface area contributed by atoms with Crippen LogP contribution in [-0.2, 0) is 16.6 Å². The maximum absolute atomic E-state index is 12.2. The van der Waals surface area contributed by atoms with Gasteiger partial charge < -0.3 is 14.2 Å². The van der Waals surface area contributed by atoms with Gasteiger partial charge in [0.05, 0.1) is 12.6 Å². The van der Waals surface area contributed by atoms with E-state index in [2.05, 4.69) is 0 Å². The second-order valence-electron chi connectivity index (χ2n) is 6.07. The van der Waals surface area contributed by atoms with Crippen LogP contribution >= 0.6 is 11.6 Å². The Bertz CT molecular complexity index is 771. The molecule has 3 rings (SSSR count). The number of aromatic nitrogens is 1. The maximum atomic E-state index is 12.2. The zero-order valence-electron chi connectivity index (χ0n) is 13.6. The molecule has 0 spiro atoms. The van der Waals surface area contributed by atoms with Crippen molar-refractivity contribution in [2.45, 2.75) is 12.5 Å². The largest absolute Gasteiger partial charge is 0.461 e. The van der Waals surface area contributed by atoms with Gasteiger partial charge in [-0.05, 0) is 29.8 Å². The van der Waals surface area contributed by atoms with E-state index in [1.165, 1.54) is 0 Å². The fourth-order valence-corrected chi connectivity index (χ4v) is 3.42.